The largest absolute Gasteiger partial charge is 0.331 e. The fraction of sp³-hybridized carbons (Fsp3) is 0.192. The van der Waals surface area contributed by atoms with Gasteiger partial charge in [-0.25, -0.2) is 18.1 Å². The smallest absolute Gasteiger partial charge is 0.258 e. The molecule has 0 saturated carbocycles. The lowest BCUT2D eigenvalue weighted by molar-refractivity contribution is 0.0748. The molecular weight excluding hydrogens is 464 g/mol. The Morgan fingerprint density at radius 2 is 1.74 bits per heavy atom. The van der Waals surface area contributed by atoms with Crippen molar-refractivity contribution >= 4 is 26.8 Å². The van der Waals surface area contributed by atoms with Gasteiger partial charge in [0.25, 0.3) is 11.5 Å². The SMILES string of the molecule is CCN(Cc1nc2ccccc2c(=O)[nH]1)C(=O)c1ccc(C)c(S(=O)(=O)NCc2ccccc2)c1. The quantitative estimate of drug-likeness (QED) is 0.393. The van der Waals surface area contributed by atoms with Crippen LogP contribution in [0.2, 0.25) is 0 Å². The molecule has 3 aromatic carbocycles. The van der Waals surface area contributed by atoms with Gasteiger partial charge in [0.15, 0.2) is 0 Å². The first kappa shape index (κ1) is 24.3. The number of carbonyl (C=O) groups is 1. The Bertz CT molecular complexity index is 1530. The summed E-state index contributed by atoms with van der Waals surface area (Å²) in [7, 11) is -3.85. The molecule has 0 aliphatic carbocycles. The second-order valence-corrected chi connectivity index (χ2v) is 9.87. The third kappa shape index (κ3) is 5.47. The van der Waals surface area contributed by atoms with E-state index in [1.165, 1.54) is 11.0 Å². The van der Waals surface area contributed by atoms with Gasteiger partial charge in [0.1, 0.15) is 5.82 Å². The lowest BCUT2D eigenvalue weighted by Gasteiger charge is -2.21. The number of hydrogen-bond donors (Lipinski definition) is 2. The van der Waals surface area contributed by atoms with E-state index in [-0.39, 0.29) is 35.0 Å². The predicted octanol–water partition coefficient (Wildman–Crippen LogP) is 3.37. The number of H-pyrrole nitrogens is 1. The zero-order valence-corrected chi connectivity index (χ0v) is 20.3. The highest BCUT2D eigenvalue weighted by molar-refractivity contribution is 7.89. The van der Waals surface area contributed by atoms with Crippen LogP contribution in [0.25, 0.3) is 10.9 Å². The molecule has 9 heteroatoms. The second-order valence-electron chi connectivity index (χ2n) is 8.14. The summed E-state index contributed by atoms with van der Waals surface area (Å²) in [5.41, 5.74) is 1.87. The Morgan fingerprint density at radius 1 is 1.03 bits per heavy atom. The van der Waals surface area contributed by atoms with Gasteiger partial charge in [0, 0.05) is 18.7 Å². The summed E-state index contributed by atoms with van der Waals surface area (Å²) in [6, 6.07) is 20.8. The molecule has 4 rings (SSSR count). The van der Waals surface area contributed by atoms with Crippen molar-refractivity contribution in [2.24, 2.45) is 0 Å². The van der Waals surface area contributed by atoms with Crippen molar-refractivity contribution in [1.82, 2.24) is 19.6 Å². The Labute approximate surface area is 203 Å². The molecule has 0 atom stereocenters. The van der Waals surface area contributed by atoms with Crippen molar-refractivity contribution in [2.75, 3.05) is 6.54 Å². The van der Waals surface area contributed by atoms with Crippen molar-refractivity contribution in [3.63, 3.8) is 0 Å². The van der Waals surface area contributed by atoms with Crippen LogP contribution in [0.3, 0.4) is 0 Å². The number of aromatic amines is 1. The molecule has 2 N–H and O–H groups in total. The van der Waals surface area contributed by atoms with E-state index < -0.39 is 10.0 Å². The van der Waals surface area contributed by atoms with E-state index in [9.17, 15) is 18.0 Å². The van der Waals surface area contributed by atoms with Gasteiger partial charge in [0.2, 0.25) is 10.0 Å². The summed E-state index contributed by atoms with van der Waals surface area (Å²) in [6.07, 6.45) is 0. The summed E-state index contributed by atoms with van der Waals surface area (Å²) < 4.78 is 28.6. The van der Waals surface area contributed by atoms with Crippen LogP contribution in [0.15, 0.2) is 82.5 Å². The first-order valence-corrected chi connectivity index (χ1v) is 12.7. The highest BCUT2D eigenvalue weighted by Gasteiger charge is 2.22. The number of aromatic nitrogens is 2. The van der Waals surface area contributed by atoms with E-state index in [1.54, 1.807) is 43.3 Å². The second kappa shape index (κ2) is 10.2. The number of para-hydroxylation sites is 1. The van der Waals surface area contributed by atoms with Gasteiger partial charge in [-0.2, -0.15) is 0 Å². The number of nitrogens with one attached hydrogen (secondary N) is 2. The van der Waals surface area contributed by atoms with E-state index in [4.69, 9.17) is 0 Å². The minimum atomic E-state index is -3.85. The van der Waals surface area contributed by atoms with Crippen LogP contribution in [0.1, 0.15) is 34.2 Å². The molecule has 0 aliphatic rings. The molecule has 4 aromatic rings. The Balaban J connectivity index is 1.57. The standard InChI is InChI=1S/C26H26N4O4S/c1-3-30(17-24-28-22-12-8-7-11-21(22)25(31)29-24)26(32)20-14-13-18(2)23(15-20)35(33,34)27-16-19-9-5-4-6-10-19/h4-15,27H,3,16-17H2,1-2H3,(H,28,29,31). The maximum absolute atomic E-state index is 13.3. The zero-order chi connectivity index (χ0) is 25.0. The number of sulfonamides is 1. The topological polar surface area (TPSA) is 112 Å². The third-order valence-corrected chi connectivity index (χ3v) is 7.25. The summed E-state index contributed by atoms with van der Waals surface area (Å²) in [4.78, 5) is 34.4. The van der Waals surface area contributed by atoms with Gasteiger partial charge in [-0.15, -0.1) is 0 Å². The van der Waals surface area contributed by atoms with E-state index in [0.717, 1.165) is 5.56 Å². The highest BCUT2D eigenvalue weighted by Crippen LogP contribution is 2.19. The fourth-order valence-electron chi connectivity index (χ4n) is 3.77. The summed E-state index contributed by atoms with van der Waals surface area (Å²) in [5, 5.41) is 0.474. The Morgan fingerprint density at radius 3 is 2.49 bits per heavy atom. The number of fused-ring (bicyclic) bond motifs is 1. The minimum Gasteiger partial charge on any atom is -0.331 e. The molecule has 0 aliphatic heterocycles. The number of amides is 1. The fourth-order valence-corrected chi connectivity index (χ4v) is 5.06. The van der Waals surface area contributed by atoms with Gasteiger partial charge < -0.3 is 9.88 Å². The predicted molar refractivity (Wildman–Crippen MR) is 134 cm³/mol. The van der Waals surface area contributed by atoms with E-state index >= 15 is 0 Å². The molecule has 1 aromatic heterocycles. The maximum atomic E-state index is 13.3. The summed E-state index contributed by atoms with van der Waals surface area (Å²) in [5.74, 6) is -0.00352. The molecule has 0 bridgehead atoms. The van der Waals surface area contributed by atoms with Gasteiger partial charge in [-0.05, 0) is 49.2 Å². The monoisotopic (exact) mass is 490 g/mol. The molecule has 35 heavy (non-hydrogen) atoms. The van der Waals surface area contributed by atoms with Gasteiger partial charge in [-0.3, -0.25) is 9.59 Å². The van der Waals surface area contributed by atoms with Crippen molar-refractivity contribution in [3.8, 4) is 0 Å². The Kier molecular flexibility index (Phi) is 7.09. The molecule has 1 amide bonds. The van der Waals surface area contributed by atoms with Crippen LogP contribution in [-0.4, -0.2) is 35.7 Å². The average Bonchev–Trinajstić information content (AvgIpc) is 2.86. The van der Waals surface area contributed by atoms with E-state index in [0.29, 0.717) is 28.8 Å². The molecule has 0 saturated heterocycles. The average molecular weight is 491 g/mol. The molecule has 0 spiro atoms. The van der Waals surface area contributed by atoms with Gasteiger partial charge in [0.05, 0.1) is 22.3 Å². The number of hydrogen-bond acceptors (Lipinski definition) is 5. The molecule has 1 heterocycles. The van der Waals surface area contributed by atoms with E-state index in [1.807, 2.05) is 37.3 Å². The zero-order valence-electron chi connectivity index (χ0n) is 19.5. The summed E-state index contributed by atoms with van der Waals surface area (Å²) in [6.45, 7) is 4.06. The Hall–Kier alpha value is -3.82. The number of carbonyl (C=O) groups excluding carboxylic acids is 1. The first-order valence-electron chi connectivity index (χ1n) is 11.2. The van der Waals surface area contributed by atoms with Crippen molar-refractivity contribution < 1.29 is 13.2 Å². The van der Waals surface area contributed by atoms with Crippen LogP contribution in [0, 0.1) is 6.92 Å². The highest BCUT2D eigenvalue weighted by atomic mass is 32.2. The van der Waals surface area contributed by atoms with Gasteiger partial charge in [-0.1, -0.05) is 48.5 Å². The molecule has 180 valence electrons. The minimum absolute atomic E-state index is 0.0487. The van der Waals surface area contributed by atoms with E-state index in [2.05, 4.69) is 14.7 Å². The van der Waals surface area contributed by atoms with Crippen LogP contribution in [0.5, 0.6) is 0 Å². The van der Waals surface area contributed by atoms with Crippen LogP contribution in [0.4, 0.5) is 0 Å². The number of rotatable bonds is 8. The number of nitrogens with zero attached hydrogens (tertiary/aromatic N) is 2. The van der Waals surface area contributed by atoms with Crippen LogP contribution < -0.4 is 10.3 Å². The van der Waals surface area contributed by atoms with Crippen LogP contribution in [-0.2, 0) is 23.1 Å². The first-order chi connectivity index (χ1) is 16.8. The molecular formula is C26H26N4O4S. The lowest BCUT2D eigenvalue weighted by Crippen LogP contribution is -2.32. The molecule has 0 radical (unpaired) electrons. The van der Waals surface area contributed by atoms with Crippen molar-refractivity contribution in [3.05, 3.63) is 106 Å². The summed E-state index contributed by atoms with van der Waals surface area (Å²) >= 11 is 0. The molecule has 0 fully saturated rings. The molecule has 8 nitrogen and oxygen atoms in total. The van der Waals surface area contributed by atoms with Crippen molar-refractivity contribution in [2.45, 2.75) is 31.8 Å². The van der Waals surface area contributed by atoms with Crippen LogP contribution >= 0.6 is 0 Å². The number of benzene rings is 3. The normalized spacial score (nSPS) is 11.5. The van der Waals surface area contributed by atoms with Gasteiger partial charge >= 0.3 is 0 Å². The maximum Gasteiger partial charge on any atom is 0.258 e. The van der Waals surface area contributed by atoms with Crippen molar-refractivity contribution in [1.29, 1.82) is 0 Å². The number of aryl methyl sites for hydroxylation is 1. The lowest BCUT2D eigenvalue weighted by atomic mass is 10.1. The third-order valence-electron chi connectivity index (χ3n) is 5.71. The molecule has 0 unspecified atom stereocenters.